The fourth-order valence-electron chi connectivity index (χ4n) is 2.18. The van der Waals surface area contributed by atoms with E-state index in [1.807, 2.05) is 10.7 Å². The molecule has 0 aromatic carbocycles. The summed E-state index contributed by atoms with van der Waals surface area (Å²) >= 11 is 13.6. The van der Waals surface area contributed by atoms with E-state index in [0.717, 1.165) is 36.3 Å². The molecule has 0 saturated carbocycles. The lowest BCUT2D eigenvalue weighted by molar-refractivity contribution is 0.518. The minimum absolute atomic E-state index is 0.0713. The minimum Gasteiger partial charge on any atom is -0.271 e. The maximum absolute atomic E-state index is 6.21. The molecule has 0 aliphatic heterocycles. The number of nitrogens with one attached hydrogen (secondary N) is 1. The Hall–Kier alpha value is -0.590. The SMILES string of the molecule is CCc1cc(CC(NN)c2cc(Cl)sc2Cl)n(CC)n1. The number of rotatable bonds is 6. The number of aromatic nitrogens is 2. The maximum Gasteiger partial charge on any atom is 0.0992 e. The lowest BCUT2D eigenvalue weighted by Crippen LogP contribution is -2.30. The van der Waals surface area contributed by atoms with Crippen molar-refractivity contribution >= 4 is 34.5 Å². The van der Waals surface area contributed by atoms with Gasteiger partial charge in [0.15, 0.2) is 0 Å². The zero-order chi connectivity index (χ0) is 14.7. The van der Waals surface area contributed by atoms with Gasteiger partial charge in [0.2, 0.25) is 0 Å². The zero-order valence-electron chi connectivity index (χ0n) is 11.5. The van der Waals surface area contributed by atoms with Crippen LogP contribution in [0.25, 0.3) is 0 Å². The molecule has 0 aliphatic rings. The van der Waals surface area contributed by atoms with Crippen molar-refractivity contribution in [3.8, 4) is 0 Å². The Morgan fingerprint density at radius 2 is 2.15 bits per heavy atom. The van der Waals surface area contributed by atoms with Crippen LogP contribution >= 0.6 is 34.5 Å². The molecule has 110 valence electrons. The van der Waals surface area contributed by atoms with Crippen LogP contribution < -0.4 is 11.3 Å². The van der Waals surface area contributed by atoms with Crippen LogP contribution in [0.1, 0.15) is 36.8 Å². The van der Waals surface area contributed by atoms with Crippen molar-refractivity contribution in [1.29, 1.82) is 0 Å². The highest BCUT2D eigenvalue weighted by Gasteiger charge is 2.19. The van der Waals surface area contributed by atoms with Crippen molar-refractivity contribution in [2.45, 2.75) is 39.3 Å². The lowest BCUT2D eigenvalue weighted by atomic mass is 10.1. The van der Waals surface area contributed by atoms with Gasteiger partial charge in [-0.3, -0.25) is 16.0 Å². The molecule has 0 amide bonds. The third-order valence-corrected chi connectivity index (χ3v) is 4.77. The Morgan fingerprint density at radius 1 is 1.40 bits per heavy atom. The van der Waals surface area contributed by atoms with E-state index >= 15 is 0 Å². The summed E-state index contributed by atoms with van der Waals surface area (Å²) in [5, 5.41) is 4.55. The van der Waals surface area contributed by atoms with Crippen LogP contribution in [0.15, 0.2) is 12.1 Å². The monoisotopic (exact) mass is 332 g/mol. The number of hydrazine groups is 1. The Balaban J connectivity index is 2.26. The van der Waals surface area contributed by atoms with E-state index in [4.69, 9.17) is 29.0 Å². The lowest BCUT2D eigenvalue weighted by Gasteiger charge is -2.15. The summed E-state index contributed by atoms with van der Waals surface area (Å²) < 4.78 is 3.35. The van der Waals surface area contributed by atoms with Crippen LogP contribution in [0.5, 0.6) is 0 Å². The number of nitrogens with zero attached hydrogens (tertiary/aromatic N) is 2. The predicted octanol–water partition coefficient (Wildman–Crippen LogP) is 3.58. The molecule has 2 aromatic heterocycles. The fourth-order valence-corrected chi connectivity index (χ4v) is 3.76. The normalized spacial score (nSPS) is 12.8. The number of hydrogen-bond acceptors (Lipinski definition) is 4. The van der Waals surface area contributed by atoms with Gasteiger partial charge in [-0.25, -0.2) is 0 Å². The molecule has 0 radical (unpaired) electrons. The van der Waals surface area contributed by atoms with Crippen LogP contribution in [0.3, 0.4) is 0 Å². The summed E-state index contributed by atoms with van der Waals surface area (Å²) in [6, 6.07) is 3.92. The van der Waals surface area contributed by atoms with Gasteiger partial charge >= 0.3 is 0 Å². The van der Waals surface area contributed by atoms with Gasteiger partial charge in [0, 0.05) is 24.2 Å². The van der Waals surface area contributed by atoms with Crippen LogP contribution in [0.4, 0.5) is 0 Å². The van der Waals surface area contributed by atoms with Gasteiger partial charge < -0.3 is 0 Å². The molecule has 20 heavy (non-hydrogen) atoms. The quantitative estimate of drug-likeness (QED) is 0.627. The van der Waals surface area contributed by atoms with E-state index in [2.05, 4.69) is 30.4 Å². The number of aryl methyl sites for hydroxylation is 2. The van der Waals surface area contributed by atoms with Crippen molar-refractivity contribution in [1.82, 2.24) is 15.2 Å². The molecule has 4 nitrogen and oxygen atoms in total. The van der Waals surface area contributed by atoms with Crippen LogP contribution in [0, 0.1) is 0 Å². The topological polar surface area (TPSA) is 55.9 Å². The Kier molecular flexibility index (Phi) is 5.46. The summed E-state index contributed by atoms with van der Waals surface area (Å²) in [4.78, 5) is 0. The van der Waals surface area contributed by atoms with Crippen LogP contribution in [-0.2, 0) is 19.4 Å². The molecule has 1 unspecified atom stereocenters. The molecular formula is C13H18Cl2N4S. The summed E-state index contributed by atoms with van der Waals surface area (Å²) in [7, 11) is 0. The second kappa shape index (κ2) is 6.91. The Labute approximate surface area is 132 Å². The van der Waals surface area contributed by atoms with E-state index in [9.17, 15) is 0 Å². The van der Waals surface area contributed by atoms with Crippen LogP contribution in [-0.4, -0.2) is 9.78 Å². The minimum atomic E-state index is -0.0713. The van der Waals surface area contributed by atoms with Gasteiger partial charge in [-0.2, -0.15) is 5.10 Å². The van der Waals surface area contributed by atoms with Crippen molar-refractivity contribution in [2.75, 3.05) is 0 Å². The van der Waals surface area contributed by atoms with Crippen molar-refractivity contribution in [3.63, 3.8) is 0 Å². The van der Waals surface area contributed by atoms with Gasteiger partial charge in [-0.1, -0.05) is 30.1 Å². The van der Waals surface area contributed by atoms with Gasteiger partial charge in [0.05, 0.1) is 20.4 Å². The fraction of sp³-hybridized carbons (Fsp3) is 0.462. The molecule has 1 atom stereocenters. The molecule has 0 fully saturated rings. The summed E-state index contributed by atoms with van der Waals surface area (Å²) in [5.74, 6) is 5.68. The summed E-state index contributed by atoms with van der Waals surface area (Å²) in [6.45, 7) is 5.01. The first-order valence-corrected chi connectivity index (χ1v) is 8.12. The zero-order valence-corrected chi connectivity index (χ0v) is 13.8. The summed E-state index contributed by atoms with van der Waals surface area (Å²) in [6.07, 6.45) is 1.65. The first kappa shape index (κ1) is 15.8. The van der Waals surface area contributed by atoms with Crippen molar-refractivity contribution < 1.29 is 0 Å². The molecule has 2 rings (SSSR count). The molecule has 2 heterocycles. The first-order valence-electron chi connectivity index (χ1n) is 6.55. The van der Waals surface area contributed by atoms with E-state index < -0.39 is 0 Å². The number of halogens is 2. The number of nitrogens with two attached hydrogens (primary N) is 1. The standard InChI is InChI=1S/C13H18Cl2N4S/c1-3-8-5-9(19(4-2)18-8)6-11(17-16)10-7-12(14)20-13(10)15/h5,7,11,17H,3-4,6,16H2,1-2H3. The highest BCUT2D eigenvalue weighted by Crippen LogP contribution is 2.35. The van der Waals surface area contributed by atoms with Gasteiger partial charge in [-0.15, -0.1) is 11.3 Å². The maximum atomic E-state index is 6.21. The molecule has 0 bridgehead atoms. The molecule has 7 heteroatoms. The average molecular weight is 333 g/mol. The van der Waals surface area contributed by atoms with Gasteiger partial charge in [-0.05, 0) is 25.5 Å². The van der Waals surface area contributed by atoms with E-state index in [1.54, 1.807) is 0 Å². The molecule has 0 aliphatic carbocycles. The van der Waals surface area contributed by atoms with Gasteiger partial charge in [0.25, 0.3) is 0 Å². The predicted molar refractivity (Wildman–Crippen MR) is 85.4 cm³/mol. The highest BCUT2D eigenvalue weighted by molar-refractivity contribution is 7.20. The number of hydrogen-bond donors (Lipinski definition) is 2. The average Bonchev–Trinajstić information content (AvgIpc) is 2.98. The second-order valence-corrected chi connectivity index (χ2v) is 6.78. The smallest absolute Gasteiger partial charge is 0.0992 e. The Morgan fingerprint density at radius 3 is 2.65 bits per heavy atom. The third kappa shape index (κ3) is 3.35. The Bertz CT molecular complexity index is 579. The highest BCUT2D eigenvalue weighted by atomic mass is 35.5. The van der Waals surface area contributed by atoms with Crippen molar-refractivity contribution in [2.24, 2.45) is 5.84 Å². The summed E-state index contributed by atoms with van der Waals surface area (Å²) in [5.41, 5.74) is 5.99. The molecule has 0 saturated heterocycles. The van der Waals surface area contributed by atoms with Gasteiger partial charge in [0.1, 0.15) is 0 Å². The molecule has 3 N–H and O–H groups in total. The van der Waals surface area contributed by atoms with E-state index in [0.29, 0.717) is 8.67 Å². The molecule has 2 aromatic rings. The van der Waals surface area contributed by atoms with Crippen molar-refractivity contribution in [3.05, 3.63) is 37.8 Å². The van der Waals surface area contributed by atoms with Crippen LogP contribution in [0.2, 0.25) is 8.67 Å². The third-order valence-electron chi connectivity index (χ3n) is 3.25. The molecular weight excluding hydrogens is 315 g/mol. The largest absolute Gasteiger partial charge is 0.271 e. The second-order valence-electron chi connectivity index (χ2n) is 4.50. The van der Waals surface area contributed by atoms with E-state index in [1.165, 1.54) is 11.3 Å². The van der Waals surface area contributed by atoms with E-state index in [-0.39, 0.29) is 6.04 Å². The number of thiophene rings is 1. The molecule has 0 spiro atoms. The first-order chi connectivity index (χ1) is 9.58.